The van der Waals surface area contributed by atoms with Crippen molar-refractivity contribution in [2.24, 2.45) is 16.7 Å². The molecule has 4 rings (SSSR count). The number of rotatable bonds is 4. The number of hydrogen-bond donors (Lipinski definition) is 0. The second-order valence-corrected chi connectivity index (χ2v) is 11.8. The van der Waals surface area contributed by atoms with E-state index < -0.39 is 0 Å². The number of hydrogen-bond acceptors (Lipinski definition) is 1. The Balaban J connectivity index is 1.54. The molecule has 3 fully saturated rings. The summed E-state index contributed by atoms with van der Waals surface area (Å²) in [6.07, 6.45) is 9.76. The second-order valence-electron chi connectivity index (χ2n) is 11.8. The van der Waals surface area contributed by atoms with Crippen LogP contribution in [0, 0.1) is 23.7 Å². The number of benzene rings is 1. The highest BCUT2D eigenvalue weighted by Crippen LogP contribution is 2.53. The molecule has 1 nitrogen and oxygen atoms in total. The van der Waals surface area contributed by atoms with E-state index in [1.807, 2.05) is 0 Å². The predicted octanol–water partition coefficient (Wildman–Crippen LogP) is 6.90. The van der Waals surface area contributed by atoms with Gasteiger partial charge in [-0.15, -0.1) is 0 Å². The minimum atomic E-state index is 0.459. The van der Waals surface area contributed by atoms with Gasteiger partial charge < -0.3 is 4.90 Å². The molecule has 150 valence electrons. The van der Waals surface area contributed by atoms with Crippen LogP contribution in [-0.2, 0) is 0 Å². The summed E-state index contributed by atoms with van der Waals surface area (Å²) in [7, 11) is 0. The molecule has 1 saturated heterocycles. The van der Waals surface area contributed by atoms with Crippen LogP contribution in [0.3, 0.4) is 0 Å². The molecule has 3 aliphatic rings. The Labute approximate surface area is 167 Å². The zero-order valence-corrected chi connectivity index (χ0v) is 18.5. The summed E-state index contributed by atoms with van der Waals surface area (Å²) in [5, 5.41) is 0. The molecule has 1 heterocycles. The fraction of sp³-hybridized carbons (Fsp3) is 0.769. The molecular weight excluding hydrogens is 326 g/mol. The van der Waals surface area contributed by atoms with E-state index in [0.29, 0.717) is 10.8 Å². The molecule has 0 amide bonds. The van der Waals surface area contributed by atoms with Crippen molar-refractivity contribution in [1.82, 2.24) is 4.90 Å². The van der Waals surface area contributed by atoms with Gasteiger partial charge in [0.15, 0.2) is 0 Å². The molecule has 0 aromatic heterocycles. The van der Waals surface area contributed by atoms with Crippen molar-refractivity contribution in [3.05, 3.63) is 34.9 Å². The van der Waals surface area contributed by atoms with Gasteiger partial charge in [0, 0.05) is 6.54 Å². The minimum absolute atomic E-state index is 0.459. The Hall–Kier alpha value is -0.820. The van der Waals surface area contributed by atoms with Crippen LogP contribution in [0.1, 0.15) is 101 Å². The minimum Gasteiger partial charge on any atom is -0.303 e. The average Bonchev–Trinajstić information content (AvgIpc) is 3.37. The maximum atomic E-state index is 2.74. The summed E-state index contributed by atoms with van der Waals surface area (Å²) in [4.78, 5) is 2.74. The van der Waals surface area contributed by atoms with Gasteiger partial charge in [0.2, 0.25) is 0 Å². The first-order valence-corrected chi connectivity index (χ1v) is 11.5. The third-order valence-corrected chi connectivity index (χ3v) is 7.48. The van der Waals surface area contributed by atoms with Crippen LogP contribution in [0.15, 0.2) is 18.2 Å². The highest BCUT2D eigenvalue weighted by molar-refractivity contribution is 5.38. The fourth-order valence-corrected chi connectivity index (χ4v) is 6.58. The van der Waals surface area contributed by atoms with Gasteiger partial charge in [0.1, 0.15) is 0 Å². The molecule has 27 heavy (non-hydrogen) atoms. The summed E-state index contributed by atoms with van der Waals surface area (Å²) in [6.45, 7) is 16.3. The first kappa shape index (κ1) is 19.5. The number of piperidine rings is 1. The highest BCUT2D eigenvalue weighted by atomic mass is 15.1. The molecule has 1 heteroatoms. The van der Waals surface area contributed by atoms with E-state index in [9.17, 15) is 0 Å². The fourth-order valence-electron chi connectivity index (χ4n) is 6.58. The van der Waals surface area contributed by atoms with Gasteiger partial charge in [-0.25, -0.2) is 0 Å². The smallest absolute Gasteiger partial charge is 0.000967 e. The van der Waals surface area contributed by atoms with Crippen LogP contribution < -0.4 is 0 Å². The topological polar surface area (TPSA) is 3.24 Å². The number of nitrogens with zero attached hydrogens (tertiary/aromatic N) is 1. The van der Waals surface area contributed by atoms with Gasteiger partial charge in [-0.3, -0.25) is 0 Å². The lowest BCUT2D eigenvalue weighted by molar-refractivity contribution is 0.0962. The number of likely N-dealkylation sites (tertiary alicyclic amines) is 1. The van der Waals surface area contributed by atoms with E-state index in [4.69, 9.17) is 0 Å². The van der Waals surface area contributed by atoms with Gasteiger partial charge >= 0.3 is 0 Å². The van der Waals surface area contributed by atoms with Crippen molar-refractivity contribution in [3.8, 4) is 0 Å². The maximum Gasteiger partial charge on any atom is 0.000967 e. The van der Waals surface area contributed by atoms with Crippen LogP contribution in [0.25, 0.3) is 0 Å². The summed E-state index contributed by atoms with van der Waals surface area (Å²) in [5.41, 5.74) is 5.77. The van der Waals surface area contributed by atoms with Crippen molar-refractivity contribution in [2.45, 2.75) is 91.4 Å². The van der Waals surface area contributed by atoms with Crippen molar-refractivity contribution >= 4 is 0 Å². The van der Waals surface area contributed by atoms with E-state index in [1.165, 1.54) is 70.1 Å². The Morgan fingerprint density at radius 3 is 2.07 bits per heavy atom. The van der Waals surface area contributed by atoms with E-state index in [0.717, 1.165) is 17.8 Å². The molecule has 0 atom stereocenters. The Morgan fingerprint density at radius 2 is 1.48 bits per heavy atom. The molecule has 0 N–H and O–H groups in total. The predicted molar refractivity (Wildman–Crippen MR) is 116 cm³/mol. The summed E-state index contributed by atoms with van der Waals surface area (Å²) < 4.78 is 0. The van der Waals surface area contributed by atoms with E-state index in [-0.39, 0.29) is 0 Å². The van der Waals surface area contributed by atoms with E-state index in [1.54, 1.807) is 11.1 Å². The lowest BCUT2D eigenvalue weighted by Crippen LogP contribution is -2.35. The van der Waals surface area contributed by atoms with Gasteiger partial charge in [-0.05, 0) is 105 Å². The molecule has 1 aromatic carbocycles. The normalized spacial score (nSPS) is 27.0. The highest BCUT2D eigenvalue weighted by Gasteiger charge is 2.40. The molecule has 2 saturated carbocycles. The standard InChI is InChI=1S/C26H41N/c1-19-6-9-23(21-10-12-27(13-11-21)17-20-7-8-20)24(14-19)22-15-25(2,3)18-26(4,5)16-22/h6,9,14,20-22H,7-8,10-13,15-18H2,1-5H3. The van der Waals surface area contributed by atoms with Gasteiger partial charge in [-0.2, -0.15) is 0 Å². The molecule has 1 aromatic rings. The summed E-state index contributed by atoms with van der Waals surface area (Å²) in [5.74, 6) is 2.55. The summed E-state index contributed by atoms with van der Waals surface area (Å²) >= 11 is 0. The average molecular weight is 368 g/mol. The second kappa shape index (κ2) is 7.21. The SMILES string of the molecule is Cc1ccc(C2CCN(CC3CC3)CC2)c(C2CC(C)(C)CC(C)(C)C2)c1. The van der Waals surface area contributed by atoms with Crippen molar-refractivity contribution in [3.63, 3.8) is 0 Å². The molecule has 1 aliphatic heterocycles. The maximum absolute atomic E-state index is 2.74. The lowest BCUT2D eigenvalue weighted by atomic mass is 9.59. The third-order valence-electron chi connectivity index (χ3n) is 7.48. The molecule has 0 spiro atoms. The van der Waals surface area contributed by atoms with Crippen molar-refractivity contribution < 1.29 is 0 Å². The van der Waals surface area contributed by atoms with Crippen molar-refractivity contribution in [1.29, 1.82) is 0 Å². The Bertz CT molecular complexity index is 643. The molecule has 0 radical (unpaired) electrons. The Kier molecular flexibility index (Phi) is 5.21. The van der Waals surface area contributed by atoms with Crippen molar-refractivity contribution in [2.75, 3.05) is 19.6 Å². The van der Waals surface area contributed by atoms with Crippen LogP contribution in [0.2, 0.25) is 0 Å². The van der Waals surface area contributed by atoms with E-state index in [2.05, 4.69) is 57.7 Å². The van der Waals surface area contributed by atoms with Crippen LogP contribution in [-0.4, -0.2) is 24.5 Å². The third kappa shape index (κ3) is 4.78. The monoisotopic (exact) mass is 367 g/mol. The van der Waals surface area contributed by atoms with Crippen LogP contribution >= 0.6 is 0 Å². The van der Waals surface area contributed by atoms with Gasteiger partial charge in [0.05, 0.1) is 0 Å². The Morgan fingerprint density at radius 1 is 0.852 bits per heavy atom. The first-order valence-electron chi connectivity index (χ1n) is 11.5. The molecule has 0 bridgehead atoms. The quantitative estimate of drug-likeness (QED) is 0.559. The van der Waals surface area contributed by atoms with Gasteiger partial charge in [0.25, 0.3) is 0 Å². The van der Waals surface area contributed by atoms with Gasteiger partial charge in [-0.1, -0.05) is 51.5 Å². The zero-order chi connectivity index (χ0) is 19.2. The molecular formula is C26H41N. The largest absolute Gasteiger partial charge is 0.303 e. The molecule has 0 unspecified atom stereocenters. The van der Waals surface area contributed by atoms with Crippen LogP contribution in [0.5, 0.6) is 0 Å². The summed E-state index contributed by atoms with van der Waals surface area (Å²) in [6, 6.07) is 7.42. The van der Waals surface area contributed by atoms with Crippen LogP contribution in [0.4, 0.5) is 0 Å². The molecule has 2 aliphatic carbocycles. The zero-order valence-electron chi connectivity index (χ0n) is 18.5. The van der Waals surface area contributed by atoms with E-state index >= 15 is 0 Å². The lowest BCUT2D eigenvalue weighted by Gasteiger charge is -2.46. The first-order chi connectivity index (χ1) is 12.7. The number of aryl methyl sites for hydroxylation is 1.